The van der Waals surface area contributed by atoms with Crippen LogP contribution in [0.15, 0.2) is 78.9 Å². The molecule has 0 aliphatic heterocycles. The summed E-state index contributed by atoms with van der Waals surface area (Å²) in [5.74, 6) is -0.322. The van der Waals surface area contributed by atoms with E-state index < -0.39 is 17.8 Å². The fourth-order valence-electron chi connectivity index (χ4n) is 3.71. The van der Waals surface area contributed by atoms with Gasteiger partial charge in [-0.05, 0) is 61.4 Å². The van der Waals surface area contributed by atoms with Crippen molar-refractivity contribution in [3.8, 4) is 11.1 Å². The minimum absolute atomic E-state index is 0.297. The van der Waals surface area contributed by atoms with Gasteiger partial charge in [0.25, 0.3) is 0 Å². The molecule has 4 N–H and O–H groups in total. The monoisotopic (exact) mass is 445 g/mol. The Kier molecular flexibility index (Phi) is 7.77. The van der Waals surface area contributed by atoms with Gasteiger partial charge >= 0.3 is 0 Å². The highest BCUT2D eigenvalue weighted by Gasteiger charge is 2.22. The number of hydrogen-bond donors (Lipinski definition) is 3. The number of halogens is 1. The van der Waals surface area contributed by atoms with Crippen LogP contribution in [-0.2, 0) is 23.3 Å². The van der Waals surface area contributed by atoms with Gasteiger partial charge in [0.1, 0.15) is 5.67 Å². The first-order chi connectivity index (χ1) is 15.6. The molecule has 0 saturated heterocycles. The maximum absolute atomic E-state index is 14.3. The Labute approximate surface area is 195 Å². The van der Waals surface area contributed by atoms with Crippen LogP contribution in [0.25, 0.3) is 11.1 Å². The third-order valence-corrected chi connectivity index (χ3v) is 5.75. The van der Waals surface area contributed by atoms with E-state index in [0.717, 1.165) is 22.3 Å². The van der Waals surface area contributed by atoms with Gasteiger partial charge in [-0.3, -0.25) is 4.79 Å². The minimum atomic E-state index is -1.46. The standard InChI is InChI=1S/C28H32FN3O/c1-19(30)26(18-20-12-14-23(15-13-20)22-9-5-4-6-10-22)32-27(33)25(31)17-21-8-7-11-24(16-21)28(2,3)29/h4-16,25-26,30H,17-18,31H2,1-3H3,(H,32,33). The molecule has 0 aliphatic rings. The topological polar surface area (TPSA) is 79.0 Å². The van der Waals surface area contributed by atoms with Crippen molar-refractivity contribution in [2.75, 3.05) is 0 Å². The molecule has 0 bridgehead atoms. The van der Waals surface area contributed by atoms with Crippen LogP contribution in [0.3, 0.4) is 0 Å². The summed E-state index contributed by atoms with van der Waals surface area (Å²) in [4.78, 5) is 12.8. The Morgan fingerprint density at radius 1 is 0.939 bits per heavy atom. The lowest BCUT2D eigenvalue weighted by Crippen LogP contribution is -2.49. The summed E-state index contributed by atoms with van der Waals surface area (Å²) in [7, 11) is 0. The van der Waals surface area contributed by atoms with Crippen molar-refractivity contribution >= 4 is 11.6 Å². The molecule has 0 aromatic heterocycles. The highest BCUT2D eigenvalue weighted by molar-refractivity contribution is 5.91. The molecule has 0 saturated carbocycles. The Hall–Kier alpha value is -3.31. The van der Waals surface area contributed by atoms with Crippen LogP contribution < -0.4 is 11.1 Å². The number of rotatable bonds is 9. The SMILES string of the molecule is CC(=N)C(Cc1ccc(-c2ccccc2)cc1)NC(=O)C(N)Cc1cccc(C(C)(C)F)c1. The van der Waals surface area contributed by atoms with Crippen molar-refractivity contribution in [2.45, 2.75) is 51.4 Å². The van der Waals surface area contributed by atoms with E-state index in [4.69, 9.17) is 11.1 Å². The van der Waals surface area contributed by atoms with Gasteiger partial charge < -0.3 is 16.5 Å². The molecular formula is C28H32FN3O. The zero-order chi connectivity index (χ0) is 24.0. The Morgan fingerprint density at radius 3 is 2.18 bits per heavy atom. The lowest BCUT2D eigenvalue weighted by Gasteiger charge is -2.21. The molecule has 3 aromatic carbocycles. The van der Waals surface area contributed by atoms with E-state index in [2.05, 4.69) is 17.4 Å². The fourth-order valence-corrected chi connectivity index (χ4v) is 3.71. The summed E-state index contributed by atoms with van der Waals surface area (Å²) in [6, 6.07) is 24.1. The number of nitrogens with two attached hydrogens (primary N) is 1. The summed E-state index contributed by atoms with van der Waals surface area (Å²) in [6.07, 6.45) is 0.805. The molecule has 0 spiro atoms. The summed E-state index contributed by atoms with van der Waals surface area (Å²) in [6.45, 7) is 4.69. The Bertz CT molecular complexity index is 1090. The first-order valence-electron chi connectivity index (χ1n) is 11.2. The van der Waals surface area contributed by atoms with Crippen molar-refractivity contribution in [3.63, 3.8) is 0 Å². The van der Waals surface area contributed by atoms with E-state index >= 15 is 0 Å². The predicted molar refractivity (Wildman–Crippen MR) is 133 cm³/mol. The molecule has 172 valence electrons. The maximum atomic E-state index is 14.3. The highest BCUT2D eigenvalue weighted by Crippen LogP contribution is 2.25. The smallest absolute Gasteiger partial charge is 0.237 e. The second-order valence-corrected chi connectivity index (χ2v) is 8.99. The molecule has 0 radical (unpaired) electrons. The molecule has 5 heteroatoms. The van der Waals surface area contributed by atoms with Gasteiger partial charge in [-0.25, -0.2) is 4.39 Å². The molecule has 0 heterocycles. The van der Waals surface area contributed by atoms with Crippen LogP contribution in [-0.4, -0.2) is 23.7 Å². The Balaban J connectivity index is 1.63. The van der Waals surface area contributed by atoms with E-state index in [1.807, 2.05) is 48.5 Å². The average molecular weight is 446 g/mol. The Morgan fingerprint density at radius 2 is 1.58 bits per heavy atom. The lowest BCUT2D eigenvalue weighted by atomic mass is 9.95. The van der Waals surface area contributed by atoms with Gasteiger partial charge in [-0.1, -0.05) is 78.9 Å². The van der Waals surface area contributed by atoms with Gasteiger partial charge in [-0.2, -0.15) is 0 Å². The van der Waals surface area contributed by atoms with Crippen molar-refractivity contribution in [2.24, 2.45) is 5.73 Å². The van der Waals surface area contributed by atoms with E-state index in [-0.39, 0.29) is 5.91 Å². The average Bonchev–Trinajstić information content (AvgIpc) is 2.79. The van der Waals surface area contributed by atoms with Crippen molar-refractivity contribution < 1.29 is 9.18 Å². The molecule has 33 heavy (non-hydrogen) atoms. The number of alkyl halides is 1. The number of carbonyl (C=O) groups is 1. The van der Waals surface area contributed by atoms with E-state index in [1.54, 1.807) is 25.1 Å². The number of nitrogens with one attached hydrogen (secondary N) is 2. The second-order valence-electron chi connectivity index (χ2n) is 8.99. The number of amides is 1. The normalized spacial score (nSPS) is 13.2. The maximum Gasteiger partial charge on any atom is 0.237 e. The molecule has 1 amide bonds. The van der Waals surface area contributed by atoms with E-state index in [0.29, 0.717) is 24.1 Å². The van der Waals surface area contributed by atoms with Crippen LogP contribution in [0.5, 0.6) is 0 Å². The summed E-state index contributed by atoms with van der Waals surface area (Å²) < 4.78 is 14.3. The largest absolute Gasteiger partial charge is 0.346 e. The molecule has 0 aliphatic carbocycles. The van der Waals surface area contributed by atoms with Gasteiger partial charge in [0.2, 0.25) is 5.91 Å². The van der Waals surface area contributed by atoms with Crippen LogP contribution in [0.1, 0.15) is 37.5 Å². The zero-order valence-electron chi connectivity index (χ0n) is 19.4. The van der Waals surface area contributed by atoms with Crippen molar-refractivity contribution in [1.82, 2.24) is 5.32 Å². The summed E-state index contributed by atoms with van der Waals surface area (Å²) in [5, 5.41) is 11.0. The quantitative estimate of drug-likeness (QED) is 0.396. The lowest BCUT2D eigenvalue weighted by molar-refractivity contribution is -0.122. The van der Waals surface area contributed by atoms with E-state index in [1.165, 1.54) is 13.8 Å². The third-order valence-electron chi connectivity index (χ3n) is 5.75. The van der Waals surface area contributed by atoms with E-state index in [9.17, 15) is 9.18 Å². The summed E-state index contributed by atoms with van der Waals surface area (Å²) >= 11 is 0. The van der Waals surface area contributed by atoms with Crippen LogP contribution in [0.4, 0.5) is 4.39 Å². The van der Waals surface area contributed by atoms with Crippen LogP contribution >= 0.6 is 0 Å². The molecule has 0 fully saturated rings. The number of carbonyl (C=O) groups excluding carboxylic acids is 1. The first-order valence-corrected chi connectivity index (χ1v) is 11.2. The third kappa shape index (κ3) is 6.83. The number of benzene rings is 3. The van der Waals surface area contributed by atoms with Gasteiger partial charge in [0.15, 0.2) is 0 Å². The van der Waals surface area contributed by atoms with Crippen molar-refractivity contribution in [3.05, 3.63) is 95.6 Å². The molecular weight excluding hydrogens is 413 g/mol. The van der Waals surface area contributed by atoms with Crippen LogP contribution in [0, 0.1) is 5.41 Å². The molecule has 2 unspecified atom stereocenters. The molecule has 3 aromatic rings. The predicted octanol–water partition coefficient (Wildman–Crippen LogP) is 5.20. The second kappa shape index (κ2) is 10.5. The molecule has 4 nitrogen and oxygen atoms in total. The van der Waals surface area contributed by atoms with Crippen molar-refractivity contribution in [1.29, 1.82) is 5.41 Å². The zero-order valence-corrected chi connectivity index (χ0v) is 19.4. The molecule has 3 rings (SSSR count). The minimum Gasteiger partial charge on any atom is -0.346 e. The first kappa shape index (κ1) is 24.3. The van der Waals surface area contributed by atoms with Gasteiger partial charge in [-0.15, -0.1) is 0 Å². The summed E-state index contributed by atoms with van der Waals surface area (Å²) in [5.41, 5.74) is 9.71. The van der Waals surface area contributed by atoms with Crippen LogP contribution in [0.2, 0.25) is 0 Å². The molecule has 2 atom stereocenters. The highest BCUT2D eigenvalue weighted by atomic mass is 19.1. The fraction of sp³-hybridized carbons (Fsp3) is 0.286. The number of hydrogen-bond acceptors (Lipinski definition) is 3. The van der Waals surface area contributed by atoms with Gasteiger partial charge in [0.05, 0.1) is 12.1 Å². The van der Waals surface area contributed by atoms with Gasteiger partial charge in [0, 0.05) is 5.71 Å².